The second-order valence-electron chi connectivity index (χ2n) is 7.19. The van der Waals surface area contributed by atoms with Crippen LogP contribution in [0.5, 0.6) is 0 Å². The van der Waals surface area contributed by atoms with E-state index in [2.05, 4.69) is 55.1 Å². The van der Waals surface area contributed by atoms with E-state index in [9.17, 15) is 0 Å². The third-order valence-electron chi connectivity index (χ3n) is 5.43. The predicted octanol–water partition coefficient (Wildman–Crippen LogP) is 3.60. The van der Waals surface area contributed by atoms with Gasteiger partial charge < -0.3 is 15.5 Å². The average molecular weight is 382 g/mol. The summed E-state index contributed by atoms with van der Waals surface area (Å²) in [6.45, 7) is 3.78. The summed E-state index contributed by atoms with van der Waals surface area (Å²) in [6.07, 6.45) is 5.49. The van der Waals surface area contributed by atoms with Gasteiger partial charge in [-0.2, -0.15) is 0 Å². The Hall–Kier alpha value is -3.67. The molecule has 1 saturated heterocycles. The van der Waals surface area contributed by atoms with Crippen LogP contribution < -0.4 is 15.5 Å². The van der Waals surface area contributed by atoms with Gasteiger partial charge in [-0.25, -0.2) is 9.97 Å². The molecule has 4 aromatic rings. The zero-order chi connectivity index (χ0) is 19.6. The molecule has 1 aliphatic heterocycles. The van der Waals surface area contributed by atoms with E-state index in [1.165, 1.54) is 5.69 Å². The molecule has 4 heterocycles. The molecule has 1 aromatic carbocycles. The molecular weight excluding hydrogens is 360 g/mol. The molecule has 3 aromatic heterocycles. The quantitative estimate of drug-likeness (QED) is 0.584. The van der Waals surface area contributed by atoms with Crippen LogP contribution in [-0.2, 0) is 0 Å². The maximum atomic E-state index is 5.87. The molecule has 0 amide bonds. The summed E-state index contributed by atoms with van der Waals surface area (Å²) in [6, 6.07) is 18.4. The van der Waals surface area contributed by atoms with E-state index in [1.807, 2.05) is 36.7 Å². The molecule has 0 saturated carbocycles. The number of pyridine rings is 3. The van der Waals surface area contributed by atoms with Gasteiger partial charge in [-0.15, -0.1) is 0 Å². The zero-order valence-electron chi connectivity index (χ0n) is 16.1. The Morgan fingerprint density at radius 3 is 2.28 bits per heavy atom. The smallest absolute Gasteiger partial charge is 0.128 e. The standard InChI is InChI=1S/C23H22N6/c24-22-16-18(6-9-26-22)17-4-5-20-19(15-17)21(7-10-25-20)28-11-13-29(14-12-28)23-3-1-2-8-27-23/h1-10,15-16H,11-14H2,(H2,24,26). The van der Waals surface area contributed by atoms with Crippen LogP contribution in [0.2, 0.25) is 0 Å². The Bertz CT molecular complexity index is 1140. The Balaban J connectivity index is 1.45. The number of nitrogens with two attached hydrogens (primary N) is 1. The molecule has 0 unspecified atom stereocenters. The maximum Gasteiger partial charge on any atom is 0.128 e. The highest BCUT2D eigenvalue weighted by Crippen LogP contribution is 2.31. The second-order valence-corrected chi connectivity index (χ2v) is 7.19. The van der Waals surface area contributed by atoms with E-state index in [4.69, 9.17) is 5.73 Å². The Kier molecular flexibility index (Phi) is 4.44. The summed E-state index contributed by atoms with van der Waals surface area (Å²) in [5.74, 6) is 1.57. The molecule has 1 fully saturated rings. The SMILES string of the molecule is Nc1cc(-c2ccc3nccc(N4CCN(c5ccccn5)CC4)c3c2)ccn1. The Morgan fingerprint density at radius 2 is 1.48 bits per heavy atom. The minimum Gasteiger partial charge on any atom is -0.384 e. The minimum absolute atomic E-state index is 0.527. The number of fused-ring (bicyclic) bond motifs is 1. The largest absolute Gasteiger partial charge is 0.384 e. The van der Waals surface area contributed by atoms with Gasteiger partial charge in [0.1, 0.15) is 11.6 Å². The molecule has 144 valence electrons. The van der Waals surface area contributed by atoms with Gasteiger partial charge in [0.15, 0.2) is 0 Å². The molecule has 0 radical (unpaired) electrons. The van der Waals surface area contributed by atoms with E-state index >= 15 is 0 Å². The highest BCUT2D eigenvalue weighted by molar-refractivity contribution is 5.95. The number of rotatable bonds is 3. The van der Waals surface area contributed by atoms with E-state index in [-0.39, 0.29) is 0 Å². The van der Waals surface area contributed by atoms with E-state index < -0.39 is 0 Å². The molecule has 0 atom stereocenters. The lowest BCUT2D eigenvalue weighted by Gasteiger charge is -2.37. The second kappa shape index (κ2) is 7.39. The Morgan fingerprint density at radius 1 is 0.690 bits per heavy atom. The van der Waals surface area contributed by atoms with Crippen molar-refractivity contribution in [3.8, 4) is 11.1 Å². The van der Waals surface area contributed by atoms with Crippen LogP contribution in [0.4, 0.5) is 17.3 Å². The highest BCUT2D eigenvalue weighted by Gasteiger charge is 2.20. The molecule has 29 heavy (non-hydrogen) atoms. The van der Waals surface area contributed by atoms with Gasteiger partial charge in [-0.05, 0) is 53.6 Å². The molecule has 5 rings (SSSR count). The van der Waals surface area contributed by atoms with Crippen molar-refractivity contribution in [2.75, 3.05) is 41.7 Å². The lowest BCUT2D eigenvalue weighted by molar-refractivity contribution is 0.649. The van der Waals surface area contributed by atoms with Crippen LogP contribution in [-0.4, -0.2) is 41.1 Å². The predicted molar refractivity (Wildman–Crippen MR) is 118 cm³/mol. The van der Waals surface area contributed by atoms with Crippen molar-refractivity contribution >= 4 is 28.2 Å². The monoisotopic (exact) mass is 382 g/mol. The maximum absolute atomic E-state index is 5.87. The molecule has 1 aliphatic rings. The van der Waals surface area contributed by atoms with Gasteiger partial charge in [-0.1, -0.05) is 12.1 Å². The molecule has 0 bridgehead atoms. The summed E-state index contributed by atoms with van der Waals surface area (Å²) in [4.78, 5) is 17.9. The molecule has 2 N–H and O–H groups in total. The van der Waals surface area contributed by atoms with Crippen LogP contribution in [0.25, 0.3) is 22.0 Å². The van der Waals surface area contributed by atoms with Crippen LogP contribution in [0.15, 0.2) is 73.2 Å². The fraction of sp³-hybridized carbons (Fsp3) is 0.174. The average Bonchev–Trinajstić information content (AvgIpc) is 2.79. The number of hydrogen-bond acceptors (Lipinski definition) is 6. The third kappa shape index (κ3) is 3.45. The van der Waals surface area contributed by atoms with Crippen LogP contribution in [0.1, 0.15) is 0 Å². The van der Waals surface area contributed by atoms with Crippen molar-refractivity contribution in [3.05, 3.63) is 73.2 Å². The fourth-order valence-corrected chi connectivity index (χ4v) is 3.93. The number of anilines is 3. The van der Waals surface area contributed by atoms with Gasteiger partial charge in [0.05, 0.1) is 5.52 Å². The molecule has 6 heteroatoms. The summed E-state index contributed by atoms with van der Waals surface area (Å²) in [5, 5.41) is 1.16. The zero-order valence-corrected chi connectivity index (χ0v) is 16.1. The van der Waals surface area contributed by atoms with Gasteiger partial charge in [-0.3, -0.25) is 4.98 Å². The van der Waals surface area contributed by atoms with Crippen LogP contribution >= 0.6 is 0 Å². The van der Waals surface area contributed by atoms with Crippen LogP contribution in [0.3, 0.4) is 0 Å². The Labute approximate surface area is 169 Å². The van der Waals surface area contributed by atoms with Crippen molar-refractivity contribution in [2.45, 2.75) is 0 Å². The molecule has 6 nitrogen and oxygen atoms in total. The fourth-order valence-electron chi connectivity index (χ4n) is 3.93. The third-order valence-corrected chi connectivity index (χ3v) is 5.43. The summed E-state index contributed by atoms with van der Waals surface area (Å²) >= 11 is 0. The van der Waals surface area contributed by atoms with Crippen molar-refractivity contribution < 1.29 is 0 Å². The van der Waals surface area contributed by atoms with Crippen LogP contribution in [0, 0.1) is 0 Å². The number of hydrogen-bond donors (Lipinski definition) is 1. The highest BCUT2D eigenvalue weighted by atomic mass is 15.3. The molecule has 0 aliphatic carbocycles. The lowest BCUT2D eigenvalue weighted by Crippen LogP contribution is -2.46. The molecule has 0 spiro atoms. The van der Waals surface area contributed by atoms with Gasteiger partial charge >= 0.3 is 0 Å². The summed E-state index contributed by atoms with van der Waals surface area (Å²) in [7, 11) is 0. The first kappa shape index (κ1) is 17.4. The van der Waals surface area contributed by atoms with E-state index in [0.717, 1.165) is 54.0 Å². The van der Waals surface area contributed by atoms with Crippen molar-refractivity contribution in [1.82, 2.24) is 15.0 Å². The number of nitrogen functional groups attached to an aromatic ring is 1. The van der Waals surface area contributed by atoms with E-state index in [1.54, 1.807) is 6.20 Å². The lowest BCUT2D eigenvalue weighted by atomic mass is 10.0. The van der Waals surface area contributed by atoms with Crippen molar-refractivity contribution in [3.63, 3.8) is 0 Å². The summed E-state index contributed by atoms with van der Waals surface area (Å²) in [5.41, 5.74) is 10.3. The van der Waals surface area contributed by atoms with Gasteiger partial charge in [0, 0.05) is 55.8 Å². The topological polar surface area (TPSA) is 71.2 Å². The number of aromatic nitrogens is 3. The number of benzene rings is 1. The van der Waals surface area contributed by atoms with Gasteiger partial charge in [0.2, 0.25) is 0 Å². The minimum atomic E-state index is 0.527. The number of piperazine rings is 1. The normalized spacial score (nSPS) is 14.3. The van der Waals surface area contributed by atoms with Gasteiger partial charge in [0.25, 0.3) is 0 Å². The first-order chi connectivity index (χ1) is 14.3. The van der Waals surface area contributed by atoms with Crippen molar-refractivity contribution in [1.29, 1.82) is 0 Å². The summed E-state index contributed by atoms with van der Waals surface area (Å²) < 4.78 is 0. The molecular formula is C23H22N6. The first-order valence-electron chi connectivity index (χ1n) is 9.79. The first-order valence-corrected chi connectivity index (χ1v) is 9.79. The number of nitrogens with zero attached hydrogens (tertiary/aromatic N) is 5. The van der Waals surface area contributed by atoms with Crippen molar-refractivity contribution in [2.24, 2.45) is 0 Å². The van der Waals surface area contributed by atoms with E-state index in [0.29, 0.717) is 5.82 Å².